The Morgan fingerprint density at radius 3 is 2.37 bits per heavy atom. The lowest BCUT2D eigenvalue weighted by Crippen LogP contribution is -2.50. The van der Waals surface area contributed by atoms with Crippen LogP contribution in [0.3, 0.4) is 0 Å². The van der Waals surface area contributed by atoms with Gasteiger partial charge in [-0.1, -0.05) is 6.07 Å². The fourth-order valence-electron chi connectivity index (χ4n) is 3.97. The fourth-order valence-corrected chi connectivity index (χ4v) is 3.97. The predicted molar refractivity (Wildman–Crippen MR) is 143 cm³/mol. The van der Waals surface area contributed by atoms with Crippen LogP contribution >= 0.6 is 0 Å². The van der Waals surface area contributed by atoms with Crippen LogP contribution in [-0.2, 0) is 43.0 Å². The van der Waals surface area contributed by atoms with E-state index in [9.17, 15) is 14.4 Å². The van der Waals surface area contributed by atoms with E-state index >= 15 is 0 Å². The number of nitrogens with two attached hydrogens (primary N) is 1. The van der Waals surface area contributed by atoms with Gasteiger partial charge in [-0.3, -0.25) is 15.0 Å². The first-order valence-electron chi connectivity index (χ1n) is 12.4. The summed E-state index contributed by atoms with van der Waals surface area (Å²) in [7, 11) is 1.90. The highest BCUT2D eigenvalue weighted by Crippen LogP contribution is 2.27. The number of rotatable bonds is 12. The highest BCUT2D eigenvalue weighted by atomic mass is 16.5. The number of anilines is 1. The Labute approximate surface area is 221 Å². The molecule has 5 N–H and O–H groups in total. The number of aryl methyl sites for hydroxylation is 1. The molecule has 3 aromatic rings. The molecule has 0 saturated carbocycles. The van der Waals surface area contributed by atoms with Crippen molar-refractivity contribution in [1.29, 1.82) is 5.41 Å². The van der Waals surface area contributed by atoms with E-state index in [4.69, 9.17) is 25.6 Å². The Kier molecular flexibility index (Phi) is 9.06. The molecule has 0 aliphatic heterocycles. The average molecular weight is 523 g/mol. The lowest BCUT2D eigenvalue weighted by Gasteiger charge is -2.29. The van der Waals surface area contributed by atoms with E-state index in [1.807, 2.05) is 29.8 Å². The molecule has 1 atom stereocenters. The van der Waals surface area contributed by atoms with Gasteiger partial charge in [0.15, 0.2) is 5.54 Å². The minimum Gasteiger partial charge on any atom is -0.466 e. The zero-order valence-electron chi connectivity index (χ0n) is 22.1. The summed E-state index contributed by atoms with van der Waals surface area (Å²) in [4.78, 5) is 42.1. The monoisotopic (exact) mass is 522 g/mol. The van der Waals surface area contributed by atoms with E-state index in [-0.39, 0.29) is 31.9 Å². The number of amides is 1. The molecule has 0 aliphatic rings. The largest absolute Gasteiger partial charge is 0.466 e. The normalized spacial score (nSPS) is 12.4. The van der Waals surface area contributed by atoms with Crippen molar-refractivity contribution in [3.8, 4) is 0 Å². The maximum absolute atomic E-state index is 13.0. The molecule has 1 amide bonds. The lowest BCUT2D eigenvalue weighted by molar-refractivity contribution is -0.153. The number of aromatic nitrogens is 2. The van der Waals surface area contributed by atoms with Gasteiger partial charge in [0.1, 0.15) is 11.7 Å². The highest BCUT2D eigenvalue weighted by molar-refractivity contribution is 5.95. The Morgan fingerprint density at radius 1 is 1.05 bits per heavy atom. The molecule has 0 fully saturated rings. The van der Waals surface area contributed by atoms with E-state index in [1.54, 1.807) is 45.0 Å². The van der Waals surface area contributed by atoms with E-state index in [2.05, 4.69) is 10.6 Å². The smallest absolute Gasteiger partial charge is 0.336 e. The van der Waals surface area contributed by atoms with Crippen LogP contribution < -0.4 is 16.4 Å². The number of nitrogens with one attached hydrogen (secondary N) is 3. The summed E-state index contributed by atoms with van der Waals surface area (Å²) in [5.41, 5.74) is 7.52. The van der Waals surface area contributed by atoms with E-state index in [1.165, 1.54) is 0 Å². The van der Waals surface area contributed by atoms with Crippen LogP contribution in [-0.4, -0.2) is 46.4 Å². The van der Waals surface area contributed by atoms with Crippen LogP contribution in [0.1, 0.15) is 50.6 Å². The first-order valence-corrected chi connectivity index (χ1v) is 12.4. The molecular formula is C27H34N6O5. The molecule has 38 heavy (non-hydrogen) atoms. The second-order valence-corrected chi connectivity index (χ2v) is 8.83. The maximum Gasteiger partial charge on any atom is 0.336 e. The summed E-state index contributed by atoms with van der Waals surface area (Å²) < 4.78 is 12.1. The molecule has 3 rings (SSSR count). The third kappa shape index (κ3) is 6.47. The highest BCUT2D eigenvalue weighted by Gasteiger charge is 2.39. The minimum atomic E-state index is -1.48. The molecule has 1 unspecified atom stereocenters. The van der Waals surface area contributed by atoms with Crippen LogP contribution in [0.15, 0.2) is 42.5 Å². The van der Waals surface area contributed by atoms with Crippen LogP contribution in [0.25, 0.3) is 11.0 Å². The van der Waals surface area contributed by atoms with Gasteiger partial charge in [-0.15, -0.1) is 0 Å². The van der Waals surface area contributed by atoms with Crippen molar-refractivity contribution >= 4 is 40.4 Å². The van der Waals surface area contributed by atoms with Crippen molar-refractivity contribution in [3.05, 3.63) is 59.4 Å². The number of nitrogens with zero attached hydrogens (tertiary/aromatic N) is 2. The predicted octanol–water partition coefficient (Wildman–Crippen LogP) is 2.71. The fraction of sp³-hybridized carbons (Fsp3) is 0.370. The Morgan fingerprint density at radius 2 is 1.74 bits per heavy atom. The van der Waals surface area contributed by atoms with E-state index in [0.717, 1.165) is 17.0 Å². The number of ether oxygens (including phenoxy) is 2. The Bertz CT molecular complexity index is 1330. The van der Waals surface area contributed by atoms with Gasteiger partial charge in [-0.25, -0.2) is 9.78 Å². The quantitative estimate of drug-likeness (QED) is 0.160. The zero-order chi connectivity index (χ0) is 27.9. The molecule has 0 spiro atoms. The topological polar surface area (TPSA) is 161 Å². The van der Waals surface area contributed by atoms with Gasteiger partial charge in [-0.2, -0.15) is 0 Å². The van der Waals surface area contributed by atoms with Gasteiger partial charge in [0.25, 0.3) is 0 Å². The number of nitrogen functional groups attached to an aromatic ring is 1. The van der Waals surface area contributed by atoms with Crippen molar-refractivity contribution in [1.82, 2.24) is 14.9 Å². The number of fused-ring (bicyclic) bond motifs is 1. The summed E-state index contributed by atoms with van der Waals surface area (Å²) in [6.07, 6.45) is -0.214. The molecule has 0 radical (unpaired) electrons. The minimum absolute atomic E-state index is 0.00714. The van der Waals surface area contributed by atoms with Crippen LogP contribution in [0, 0.1) is 5.41 Å². The molecule has 1 aromatic heterocycles. The Hall–Kier alpha value is -4.41. The maximum atomic E-state index is 13.0. The molecule has 1 heterocycles. The summed E-state index contributed by atoms with van der Waals surface area (Å²) >= 11 is 0. The van der Waals surface area contributed by atoms with Crippen LogP contribution in [0.5, 0.6) is 0 Å². The first kappa shape index (κ1) is 28.2. The van der Waals surface area contributed by atoms with Crippen molar-refractivity contribution in [3.63, 3.8) is 0 Å². The van der Waals surface area contributed by atoms with Crippen LogP contribution in [0.2, 0.25) is 0 Å². The van der Waals surface area contributed by atoms with Gasteiger partial charge >= 0.3 is 11.9 Å². The molecule has 2 aromatic carbocycles. The summed E-state index contributed by atoms with van der Waals surface area (Å²) in [5.74, 6) is -0.811. The molecular weight excluding hydrogens is 488 g/mol. The standard InChI is InChI=1S/C27H34N6O5/c1-5-37-24(35)14-13-23(34)32-27(3,26(36)38-6-2)18-9-12-21-20(15-18)31-22(33(21)4)16-30-19-10-7-17(8-11-19)25(28)29/h7-12,15,30H,5-6,13-14,16H2,1-4H3,(H3,28,29)(H,32,34). The summed E-state index contributed by atoms with van der Waals surface area (Å²) in [6.45, 7) is 5.76. The summed E-state index contributed by atoms with van der Waals surface area (Å²) in [5, 5.41) is 13.6. The first-order chi connectivity index (χ1) is 18.1. The summed E-state index contributed by atoms with van der Waals surface area (Å²) in [6, 6.07) is 12.6. The molecule has 0 aliphatic carbocycles. The molecule has 11 nitrogen and oxygen atoms in total. The number of amidine groups is 1. The van der Waals surface area contributed by atoms with Gasteiger partial charge < -0.3 is 30.4 Å². The SMILES string of the molecule is CCOC(=O)CCC(=O)NC(C)(C(=O)OCC)c1ccc2c(c1)nc(CNc1ccc(C(=N)N)cc1)n2C. The van der Waals surface area contributed by atoms with Gasteiger partial charge in [-0.05, 0) is 62.7 Å². The number of benzene rings is 2. The second-order valence-electron chi connectivity index (χ2n) is 8.83. The lowest BCUT2D eigenvalue weighted by atomic mass is 9.91. The third-order valence-electron chi connectivity index (χ3n) is 6.13. The number of esters is 2. The number of hydrogen-bond acceptors (Lipinski definition) is 8. The molecule has 11 heteroatoms. The third-order valence-corrected chi connectivity index (χ3v) is 6.13. The molecule has 202 valence electrons. The second kappa shape index (κ2) is 12.2. The van der Waals surface area contributed by atoms with Gasteiger partial charge in [0.2, 0.25) is 5.91 Å². The van der Waals surface area contributed by atoms with Gasteiger partial charge in [0, 0.05) is 24.7 Å². The van der Waals surface area contributed by atoms with Crippen LogP contribution in [0.4, 0.5) is 5.69 Å². The molecule has 0 bridgehead atoms. The number of hydrogen-bond donors (Lipinski definition) is 4. The van der Waals surface area contributed by atoms with E-state index in [0.29, 0.717) is 23.2 Å². The number of imidazole rings is 1. The zero-order valence-corrected chi connectivity index (χ0v) is 22.1. The van der Waals surface area contributed by atoms with Crippen molar-refractivity contribution in [2.45, 2.75) is 45.7 Å². The van der Waals surface area contributed by atoms with E-state index < -0.39 is 23.4 Å². The van der Waals surface area contributed by atoms with Crippen molar-refractivity contribution in [2.24, 2.45) is 12.8 Å². The number of carbonyl (C=O) groups excluding carboxylic acids is 3. The van der Waals surface area contributed by atoms with Gasteiger partial charge in [0.05, 0.1) is 37.2 Å². The Balaban J connectivity index is 1.83. The van der Waals surface area contributed by atoms with Crippen molar-refractivity contribution < 1.29 is 23.9 Å². The van der Waals surface area contributed by atoms with Crippen molar-refractivity contribution in [2.75, 3.05) is 18.5 Å². The molecule has 0 saturated heterocycles. The average Bonchev–Trinajstić information content (AvgIpc) is 3.21. The number of carbonyl (C=O) groups is 3.